The molecule has 1 aliphatic carbocycles. The van der Waals surface area contributed by atoms with E-state index in [9.17, 15) is 4.79 Å². The molecule has 1 amide bonds. The number of amides is 1. The number of aromatic nitrogens is 4. The van der Waals surface area contributed by atoms with Gasteiger partial charge in [0.25, 0.3) is 5.91 Å². The Bertz CT molecular complexity index is 1640. The number of aryl methyl sites for hydroxylation is 4. The molecule has 0 unspecified atom stereocenters. The Morgan fingerprint density at radius 2 is 1.65 bits per heavy atom. The molecule has 1 aliphatic rings. The normalized spacial score (nSPS) is 11.7. The average Bonchev–Trinajstić information content (AvgIpc) is 3.45. The Balaban J connectivity index is 0.000000279. The number of carbonyl (C=O) groups excluding carboxylic acids is 1. The largest absolute Gasteiger partial charge is 0.497 e. The average molecular weight is 572 g/mol. The lowest BCUT2D eigenvalue weighted by atomic mass is 9.94. The first-order valence-corrected chi connectivity index (χ1v) is 14.6. The smallest absolute Gasteiger partial charge is 0.270 e. The molecule has 0 spiro atoms. The Kier molecular flexibility index (Phi) is 10.1. The van der Waals surface area contributed by atoms with E-state index >= 15 is 0 Å². The second kappa shape index (κ2) is 14.7. The van der Waals surface area contributed by atoms with Crippen LogP contribution in [0.4, 0.5) is 0 Å². The van der Waals surface area contributed by atoms with Crippen LogP contribution in [0.1, 0.15) is 56.4 Å². The van der Waals surface area contributed by atoms with Crippen LogP contribution in [0.2, 0.25) is 0 Å². The highest BCUT2D eigenvalue weighted by molar-refractivity contribution is 5.92. The lowest BCUT2D eigenvalue weighted by Crippen LogP contribution is -2.26. The van der Waals surface area contributed by atoms with E-state index in [1.165, 1.54) is 35.1 Å². The zero-order valence-electron chi connectivity index (χ0n) is 24.7. The molecule has 1 N–H and O–H groups in total. The number of hydrogen-bond donors (Lipinski definition) is 1. The number of allylic oxidation sites excluding steroid dienone is 1. The maximum atomic E-state index is 12.4. The molecule has 43 heavy (non-hydrogen) atoms. The van der Waals surface area contributed by atoms with Crippen LogP contribution in [-0.4, -0.2) is 32.8 Å². The van der Waals surface area contributed by atoms with Crippen molar-refractivity contribution in [3.8, 4) is 5.75 Å². The monoisotopic (exact) mass is 571 g/mol. The van der Waals surface area contributed by atoms with Crippen molar-refractivity contribution < 1.29 is 9.53 Å². The van der Waals surface area contributed by atoms with E-state index in [4.69, 9.17) is 4.74 Å². The zero-order chi connectivity index (χ0) is 29.9. The first-order valence-electron chi connectivity index (χ1n) is 14.6. The highest BCUT2D eigenvalue weighted by Gasteiger charge is 2.15. The van der Waals surface area contributed by atoms with Crippen LogP contribution in [-0.2, 0) is 32.4 Å². The van der Waals surface area contributed by atoms with Gasteiger partial charge in [-0.15, -0.1) is 10.2 Å². The molecule has 218 valence electrons. The molecular weight excluding hydrogens is 534 g/mol. The number of rotatable bonds is 9. The van der Waals surface area contributed by atoms with Crippen molar-refractivity contribution in [3.63, 3.8) is 0 Å². The van der Waals surface area contributed by atoms with Crippen molar-refractivity contribution in [2.24, 2.45) is 0 Å². The lowest BCUT2D eigenvalue weighted by Gasteiger charge is -2.12. The summed E-state index contributed by atoms with van der Waals surface area (Å²) >= 11 is 0. The Morgan fingerprint density at radius 1 is 0.860 bits per heavy atom. The summed E-state index contributed by atoms with van der Waals surface area (Å²) in [6.07, 6.45) is 10.1. The Hall–Kier alpha value is -5.04. The topological polar surface area (TPSA) is 81.9 Å². The Labute approximate surface area is 253 Å². The molecule has 0 saturated heterocycles. The highest BCUT2D eigenvalue weighted by atomic mass is 16.5. The van der Waals surface area contributed by atoms with E-state index < -0.39 is 0 Å². The molecule has 5 aromatic rings. The van der Waals surface area contributed by atoms with E-state index in [0.29, 0.717) is 18.1 Å². The molecule has 0 fully saturated rings. The molecular formula is C36H37N5O2. The van der Waals surface area contributed by atoms with Crippen LogP contribution in [0.3, 0.4) is 0 Å². The number of hydrogen-bond acceptors (Lipinski definition) is 5. The zero-order valence-corrected chi connectivity index (χ0v) is 24.7. The van der Waals surface area contributed by atoms with Crippen LogP contribution in [0, 0.1) is 6.92 Å². The predicted octanol–water partition coefficient (Wildman–Crippen LogP) is 6.40. The molecule has 2 heterocycles. The van der Waals surface area contributed by atoms with E-state index in [2.05, 4.69) is 74.5 Å². The fourth-order valence-electron chi connectivity index (χ4n) is 5.07. The van der Waals surface area contributed by atoms with Crippen molar-refractivity contribution in [3.05, 3.63) is 148 Å². The number of ether oxygens (including phenoxy) is 1. The van der Waals surface area contributed by atoms with Crippen molar-refractivity contribution in [1.29, 1.82) is 0 Å². The molecule has 0 aliphatic heterocycles. The Morgan fingerprint density at radius 3 is 2.40 bits per heavy atom. The summed E-state index contributed by atoms with van der Waals surface area (Å²) in [4.78, 5) is 16.5. The summed E-state index contributed by atoms with van der Waals surface area (Å²) in [5.41, 5.74) is 7.07. The lowest BCUT2D eigenvalue weighted by molar-refractivity contribution is 0.0944. The van der Waals surface area contributed by atoms with Gasteiger partial charge >= 0.3 is 0 Å². The summed E-state index contributed by atoms with van der Waals surface area (Å²) in [7, 11) is 1.65. The van der Waals surface area contributed by atoms with E-state index in [0.717, 1.165) is 30.0 Å². The van der Waals surface area contributed by atoms with Gasteiger partial charge in [-0.3, -0.25) is 9.78 Å². The van der Waals surface area contributed by atoms with Crippen LogP contribution in [0.15, 0.2) is 103 Å². The standard InChI is InChI=1S/C25H25N5O2.C11H12/c1-32-21-13-10-20(11-14-21)18-30-23(15-12-19-7-3-2-4-8-19)28-29-24(30)17-27-25(31)22-9-5-6-16-26-22;1-9-5-4-7-10-6-2-3-8-11(9)10/h2-11,13-14,16H,12,15,17-18H2,1H3,(H,27,31);3-5,7-8H,2,6H2,1H3. The second-order valence-corrected chi connectivity index (χ2v) is 10.4. The molecule has 0 radical (unpaired) electrons. The minimum atomic E-state index is -0.240. The quantitative estimate of drug-likeness (QED) is 0.221. The van der Waals surface area contributed by atoms with Crippen molar-refractivity contribution in [2.75, 3.05) is 7.11 Å². The number of fused-ring (bicyclic) bond motifs is 1. The van der Waals surface area contributed by atoms with Gasteiger partial charge in [-0.25, -0.2) is 0 Å². The maximum Gasteiger partial charge on any atom is 0.270 e. The van der Waals surface area contributed by atoms with Gasteiger partial charge in [0.15, 0.2) is 5.82 Å². The molecule has 0 saturated carbocycles. The number of pyridine rings is 1. The van der Waals surface area contributed by atoms with Crippen molar-refractivity contribution in [2.45, 2.75) is 45.7 Å². The van der Waals surface area contributed by atoms with Gasteiger partial charge < -0.3 is 14.6 Å². The molecule has 0 bridgehead atoms. The number of methoxy groups -OCH3 is 1. The molecule has 7 heteroatoms. The SMILES string of the molecule is COc1ccc(Cn2c(CCc3ccccc3)nnc2CNC(=O)c2ccccn2)cc1.Cc1cccc2c1C=CCC2. The van der Waals surface area contributed by atoms with Gasteiger partial charge in [-0.05, 0) is 78.3 Å². The molecule has 6 rings (SSSR count). The maximum absolute atomic E-state index is 12.4. The van der Waals surface area contributed by atoms with Gasteiger partial charge in [-0.2, -0.15) is 0 Å². The minimum Gasteiger partial charge on any atom is -0.497 e. The van der Waals surface area contributed by atoms with Gasteiger partial charge in [0, 0.05) is 12.6 Å². The number of nitrogens with one attached hydrogen (secondary N) is 1. The van der Waals surface area contributed by atoms with Crippen LogP contribution >= 0.6 is 0 Å². The van der Waals surface area contributed by atoms with Gasteiger partial charge in [-0.1, -0.05) is 78.9 Å². The second-order valence-electron chi connectivity index (χ2n) is 10.4. The van der Waals surface area contributed by atoms with Crippen LogP contribution in [0.5, 0.6) is 5.75 Å². The summed E-state index contributed by atoms with van der Waals surface area (Å²) in [5, 5.41) is 11.7. The van der Waals surface area contributed by atoms with Crippen LogP contribution in [0.25, 0.3) is 6.08 Å². The first-order chi connectivity index (χ1) is 21.1. The minimum absolute atomic E-state index is 0.240. The fraction of sp³-hybridized carbons (Fsp3) is 0.222. The predicted molar refractivity (Wildman–Crippen MR) is 170 cm³/mol. The summed E-state index contributed by atoms with van der Waals surface area (Å²) in [6, 6.07) is 30.0. The van der Waals surface area contributed by atoms with Crippen molar-refractivity contribution >= 4 is 12.0 Å². The van der Waals surface area contributed by atoms with Crippen molar-refractivity contribution in [1.82, 2.24) is 25.1 Å². The summed E-state index contributed by atoms with van der Waals surface area (Å²) in [6.45, 7) is 3.05. The van der Waals surface area contributed by atoms with Gasteiger partial charge in [0.05, 0.1) is 20.2 Å². The molecule has 7 nitrogen and oxygen atoms in total. The van der Waals surface area contributed by atoms with E-state index in [-0.39, 0.29) is 12.5 Å². The van der Waals surface area contributed by atoms with Gasteiger partial charge in [0.2, 0.25) is 0 Å². The number of carbonyl (C=O) groups is 1. The fourth-order valence-corrected chi connectivity index (χ4v) is 5.07. The number of nitrogens with zero attached hydrogens (tertiary/aromatic N) is 4. The van der Waals surface area contributed by atoms with E-state index in [1.807, 2.05) is 42.5 Å². The summed E-state index contributed by atoms with van der Waals surface area (Å²) in [5.74, 6) is 2.15. The van der Waals surface area contributed by atoms with E-state index in [1.54, 1.807) is 31.5 Å². The number of benzene rings is 3. The molecule has 3 aromatic carbocycles. The third kappa shape index (κ3) is 8.04. The molecule has 2 aromatic heterocycles. The third-order valence-electron chi connectivity index (χ3n) is 7.47. The van der Waals surface area contributed by atoms with Crippen LogP contribution < -0.4 is 10.1 Å². The molecule has 0 atom stereocenters. The van der Waals surface area contributed by atoms with Gasteiger partial charge in [0.1, 0.15) is 17.3 Å². The first kappa shape index (κ1) is 29.5. The third-order valence-corrected chi connectivity index (χ3v) is 7.47. The highest BCUT2D eigenvalue weighted by Crippen LogP contribution is 2.21. The summed E-state index contributed by atoms with van der Waals surface area (Å²) < 4.78 is 7.33.